The summed E-state index contributed by atoms with van der Waals surface area (Å²) >= 11 is 5.05. The normalized spacial score (nSPS) is 25.2. The number of nitrogens with one attached hydrogen (secondary N) is 1. The summed E-state index contributed by atoms with van der Waals surface area (Å²) in [6, 6.07) is 0.389. The third-order valence-corrected chi connectivity index (χ3v) is 2.91. The van der Waals surface area contributed by atoms with Gasteiger partial charge in [-0.3, -0.25) is 9.69 Å². The van der Waals surface area contributed by atoms with Crippen molar-refractivity contribution in [2.45, 2.75) is 31.7 Å². The van der Waals surface area contributed by atoms with Gasteiger partial charge in [-0.05, 0) is 25.1 Å². The molecule has 0 aromatic heterocycles. The van der Waals surface area contributed by atoms with E-state index in [2.05, 4.69) is 5.32 Å². The quantitative estimate of drug-likeness (QED) is 0.607. The zero-order chi connectivity index (χ0) is 8.55. The summed E-state index contributed by atoms with van der Waals surface area (Å²) in [6.07, 6.45) is 4.70. The van der Waals surface area contributed by atoms with Crippen molar-refractivity contribution in [3.8, 4) is 0 Å². The molecule has 2 aliphatic rings. The molecule has 1 aliphatic carbocycles. The third-order valence-electron chi connectivity index (χ3n) is 2.57. The summed E-state index contributed by atoms with van der Waals surface area (Å²) in [6.45, 7) is 0.398. The molecular formula is C8H12N2OS. The molecule has 0 bridgehead atoms. The van der Waals surface area contributed by atoms with E-state index < -0.39 is 0 Å². The van der Waals surface area contributed by atoms with Crippen LogP contribution in [0.25, 0.3) is 0 Å². The van der Waals surface area contributed by atoms with E-state index in [9.17, 15) is 4.79 Å². The first kappa shape index (κ1) is 7.98. The minimum atomic E-state index is 0.145. The topological polar surface area (TPSA) is 32.3 Å². The van der Waals surface area contributed by atoms with Gasteiger partial charge in [0.05, 0.1) is 6.54 Å². The van der Waals surface area contributed by atoms with Crippen LogP contribution < -0.4 is 5.32 Å². The lowest BCUT2D eigenvalue weighted by Crippen LogP contribution is -2.38. The Kier molecular flexibility index (Phi) is 2.00. The largest absolute Gasteiger partial charge is 0.353 e. The Morgan fingerprint density at radius 1 is 1.42 bits per heavy atom. The summed E-state index contributed by atoms with van der Waals surface area (Å²) in [4.78, 5) is 13.1. The Hall–Kier alpha value is -0.640. The highest BCUT2D eigenvalue weighted by Crippen LogP contribution is 2.24. The Labute approximate surface area is 77.1 Å². The molecule has 2 fully saturated rings. The molecule has 1 aliphatic heterocycles. The summed E-state index contributed by atoms with van der Waals surface area (Å²) in [5.74, 6) is 0.145. The third kappa shape index (κ3) is 1.20. The van der Waals surface area contributed by atoms with Crippen molar-refractivity contribution >= 4 is 23.2 Å². The van der Waals surface area contributed by atoms with Crippen LogP contribution in [0.4, 0.5) is 0 Å². The van der Waals surface area contributed by atoms with E-state index in [1.165, 1.54) is 12.8 Å². The van der Waals surface area contributed by atoms with Gasteiger partial charge in [0, 0.05) is 6.04 Å². The second-order valence-electron chi connectivity index (χ2n) is 3.36. The first-order valence-corrected chi connectivity index (χ1v) is 4.80. The number of hydrogen-bond acceptors (Lipinski definition) is 2. The first-order chi connectivity index (χ1) is 5.79. The van der Waals surface area contributed by atoms with Crippen LogP contribution in [0, 0.1) is 0 Å². The van der Waals surface area contributed by atoms with Crippen molar-refractivity contribution in [2.75, 3.05) is 6.54 Å². The number of hydrogen-bond donors (Lipinski definition) is 1. The molecule has 3 nitrogen and oxygen atoms in total. The summed E-state index contributed by atoms with van der Waals surface area (Å²) in [5.41, 5.74) is 0. The van der Waals surface area contributed by atoms with Crippen molar-refractivity contribution in [1.29, 1.82) is 0 Å². The van der Waals surface area contributed by atoms with Crippen molar-refractivity contribution < 1.29 is 4.79 Å². The van der Waals surface area contributed by atoms with Gasteiger partial charge in [0.1, 0.15) is 0 Å². The van der Waals surface area contributed by atoms with Crippen LogP contribution in [0.5, 0.6) is 0 Å². The minimum Gasteiger partial charge on any atom is -0.353 e. The van der Waals surface area contributed by atoms with Crippen LogP contribution in [-0.2, 0) is 4.79 Å². The smallest absolute Gasteiger partial charge is 0.248 e. The molecular weight excluding hydrogens is 172 g/mol. The predicted octanol–water partition coefficient (Wildman–Crippen LogP) is 0.646. The standard InChI is InChI=1S/C8H12N2OS/c11-7-5-9-8(12)10(7)6-3-1-2-4-6/h6H,1-5H2,(H,9,12). The maximum absolute atomic E-state index is 11.3. The lowest BCUT2D eigenvalue weighted by Gasteiger charge is -2.21. The molecule has 66 valence electrons. The highest BCUT2D eigenvalue weighted by atomic mass is 32.1. The minimum absolute atomic E-state index is 0.145. The molecule has 0 aromatic rings. The molecule has 0 spiro atoms. The number of amides is 1. The summed E-state index contributed by atoms with van der Waals surface area (Å²) < 4.78 is 0. The Balaban J connectivity index is 2.09. The monoisotopic (exact) mass is 184 g/mol. The van der Waals surface area contributed by atoms with Crippen molar-refractivity contribution in [3.05, 3.63) is 0 Å². The Bertz CT molecular complexity index is 207. The van der Waals surface area contributed by atoms with Gasteiger partial charge < -0.3 is 5.32 Å². The molecule has 0 unspecified atom stereocenters. The molecule has 0 radical (unpaired) electrons. The van der Waals surface area contributed by atoms with E-state index >= 15 is 0 Å². The lowest BCUT2D eigenvalue weighted by atomic mass is 10.2. The van der Waals surface area contributed by atoms with Crippen LogP contribution in [0.3, 0.4) is 0 Å². The maximum atomic E-state index is 11.3. The van der Waals surface area contributed by atoms with E-state index in [1.54, 1.807) is 4.90 Å². The highest BCUT2D eigenvalue weighted by molar-refractivity contribution is 7.80. The fraction of sp³-hybridized carbons (Fsp3) is 0.750. The van der Waals surface area contributed by atoms with E-state index in [0.717, 1.165) is 12.8 Å². The average molecular weight is 184 g/mol. The van der Waals surface area contributed by atoms with Gasteiger partial charge in [-0.15, -0.1) is 0 Å². The number of carbonyl (C=O) groups excluding carboxylic acids is 1. The number of rotatable bonds is 1. The summed E-state index contributed by atoms with van der Waals surface area (Å²) in [7, 11) is 0. The maximum Gasteiger partial charge on any atom is 0.248 e. The first-order valence-electron chi connectivity index (χ1n) is 4.39. The Morgan fingerprint density at radius 2 is 2.08 bits per heavy atom. The van der Waals surface area contributed by atoms with E-state index in [1.807, 2.05) is 0 Å². The van der Waals surface area contributed by atoms with Crippen LogP contribution in [0.1, 0.15) is 25.7 Å². The zero-order valence-corrected chi connectivity index (χ0v) is 7.69. The fourth-order valence-electron chi connectivity index (χ4n) is 1.97. The molecule has 1 amide bonds. The van der Waals surface area contributed by atoms with E-state index in [-0.39, 0.29) is 5.91 Å². The van der Waals surface area contributed by atoms with Crippen LogP contribution in [0.2, 0.25) is 0 Å². The van der Waals surface area contributed by atoms with Gasteiger partial charge in [0.15, 0.2) is 5.11 Å². The lowest BCUT2D eigenvalue weighted by molar-refractivity contribution is -0.125. The van der Waals surface area contributed by atoms with Crippen molar-refractivity contribution in [2.24, 2.45) is 0 Å². The number of carbonyl (C=O) groups is 1. The van der Waals surface area contributed by atoms with Gasteiger partial charge in [-0.25, -0.2) is 0 Å². The van der Waals surface area contributed by atoms with Crippen molar-refractivity contribution in [1.82, 2.24) is 10.2 Å². The van der Waals surface area contributed by atoms with Crippen LogP contribution in [0.15, 0.2) is 0 Å². The van der Waals surface area contributed by atoms with Gasteiger partial charge in [0.2, 0.25) is 5.91 Å². The molecule has 0 aromatic carbocycles. The van der Waals surface area contributed by atoms with Crippen LogP contribution in [-0.4, -0.2) is 28.5 Å². The average Bonchev–Trinajstić information content (AvgIpc) is 2.61. The van der Waals surface area contributed by atoms with Crippen molar-refractivity contribution in [3.63, 3.8) is 0 Å². The van der Waals surface area contributed by atoms with E-state index in [0.29, 0.717) is 17.7 Å². The van der Waals surface area contributed by atoms with Gasteiger partial charge in [-0.2, -0.15) is 0 Å². The van der Waals surface area contributed by atoms with Gasteiger partial charge in [0.25, 0.3) is 0 Å². The molecule has 2 rings (SSSR count). The number of thiocarbonyl (C=S) groups is 1. The Morgan fingerprint density at radius 3 is 2.58 bits per heavy atom. The zero-order valence-electron chi connectivity index (χ0n) is 6.88. The predicted molar refractivity (Wildman–Crippen MR) is 49.7 cm³/mol. The molecule has 1 saturated carbocycles. The molecule has 12 heavy (non-hydrogen) atoms. The second-order valence-corrected chi connectivity index (χ2v) is 3.75. The van der Waals surface area contributed by atoms with Gasteiger partial charge >= 0.3 is 0 Å². The number of nitrogens with zero attached hydrogens (tertiary/aromatic N) is 1. The van der Waals surface area contributed by atoms with E-state index in [4.69, 9.17) is 12.2 Å². The molecule has 1 N–H and O–H groups in total. The molecule has 0 atom stereocenters. The molecule has 1 saturated heterocycles. The molecule has 4 heteroatoms. The van der Waals surface area contributed by atoms with Gasteiger partial charge in [-0.1, -0.05) is 12.8 Å². The van der Waals surface area contributed by atoms with Crippen LogP contribution >= 0.6 is 12.2 Å². The summed E-state index contributed by atoms with van der Waals surface area (Å²) in [5, 5.41) is 3.54. The fourth-order valence-corrected chi connectivity index (χ4v) is 2.29. The SMILES string of the molecule is O=C1CNC(=S)N1C1CCCC1. The second kappa shape index (κ2) is 3.01. The molecule has 1 heterocycles. The highest BCUT2D eigenvalue weighted by Gasteiger charge is 2.33.